The fourth-order valence-corrected chi connectivity index (χ4v) is 2.22. The summed E-state index contributed by atoms with van der Waals surface area (Å²) >= 11 is 0. The average Bonchev–Trinajstić information content (AvgIpc) is 2.82. The lowest BCUT2D eigenvalue weighted by Crippen LogP contribution is -2.29. The number of benzene rings is 1. The first-order valence-electron chi connectivity index (χ1n) is 6.93. The standard InChI is InChI=1S/C13H13F2NO3.C2H6/c1-2-19-13(18)11-10(6-16-12(11)17)7-3-8(14)5-9(15)4-7;1-2/h3-5,10-11H,2,6H2,1H3,(H,16,17);1-2H3. The van der Waals surface area contributed by atoms with E-state index in [1.165, 1.54) is 0 Å². The largest absolute Gasteiger partial charge is 0.465 e. The maximum absolute atomic E-state index is 13.2. The highest BCUT2D eigenvalue weighted by molar-refractivity contribution is 6.00. The molecule has 1 saturated heterocycles. The van der Waals surface area contributed by atoms with Crippen LogP contribution in [0.3, 0.4) is 0 Å². The first-order valence-corrected chi connectivity index (χ1v) is 6.93. The lowest BCUT2D eigenvalue weighted by atomic mass is 9.88. The maximum atomic E-state index is 13.2. The van der Waals surface area contributed by atoms with Crippen LogP contribution in [-0.4, -0.2) is 25.0 Å². The SMILES string of the molecule is CC.CCOC(=O)C1C(=O)NCC1c1cc(F)cc(F)c1. The van der Waals surface area contributed by atoms with Gasteiger partial charge in [-0.2, -0.15) is 0 Å². The van der Waals surface area contributed by atoms with Gasteiger partial charge in [0, 0.05) is 18.5 Å². The lowest BCUT2D eigenvalue weighted by Gasteiger charge is -2.16. The Hall–Kier alpha value is -1.98. The van der Waals surface area contributed by atoms with Crippen LogP contribution in [0.4, 0.5) is 8.78 Å². The van der Waals surface area contributed by atoms with Crippen LogP contribution in [0.5, 0.6) is 0 Å². The van der Waals surface area contributed by atoms with Crippen molar-refractivity contribution in [3.63, 3.8) is 0 Å². The Kier molecular flexibility index (Phi) is 6.27. The number of halogens is 2. The molecule has 0 saturated carbocycles. The number of amides is 1. The van der Waals surface area contributed by atoms with Gasteiger partial charge in [0.15, 0.2) is 0 Å². The van der Waals surface area contributed by atoms with E-state index in [2.05, 4.69) is 5.32 Å². The van der Waals surface area contributed by atoms with Crippen molar-refractivity contribution in [1.82, 2.24) is 5.32 Å². The Balaban J connectivity index is 0.00000106. The second-order valence-electron chi connectivity index (χ2n) is 4.28. The van der Waals surface area contributed by atoms with Crippen LogP contribution in [0.2, 0.25) is 0 Å². The Bertz CT molecular complexity index is 499. The summed E-state index contributed by atoms with van der Waals surface area (Å²) in [7, 11) is 0. The first-order chi connectivity index (χ1) is 10.0. The van der Waals surface area contributed by atoms with Crippen LogP contribution in [0.1, 0.15) is 32.3 Å². The highest BCUT2D eigenvalue weighted by Crippen LogP contribution is 2.30. The van der Waals surface area contributed by atoms with Crippen molar-refractivity contribution in [3.8, 4) is 0 Å². The van der Waals surface area contributed by atoms with E-state index in [-0.39, 0.29) is 18.7 Å². The van der Waals surface area contributed by atoms with Crippen LogP contribution in [0.15, 0.2) is 18.2 Å². The van der Waals surface area contributed by atoms with E-state index < -0.39 is 35.3 Å². The van der Waals surface area contributed by atoms with Crippen molar-refractivity contribution in [2.45, 2.75) is 26.7 Å². The second-order valence-corrected chi connectivity index (χ2v) is 4.28. The molecule has 0 bridgehead atoms. The Morgan fingerprint density at radius 2 is 1.86 bits per heavy atom. The minimum atomic E-state index is -1.05. The van der Waals surface area contributed by atoms with Gasteiger partial charge < -0.3 is 10.1 Å². The molecular weight excluding hydrogens is 280 g/mol. The zero-order chi connectivity index (χ0) is 16.0. The molecule has 1 heterocycles. The molecule has 1 aromatic carbocycles. The van der Waals surface area contributed by atoms with E-state index in [1.54, 1.807) is 6.92 Å². The molecule has 2 rings (SSSR count). The fraction of sp³-hybridized carbons (Fsp3) is 0.467. The van der Waals surface area contributed by atoms with Gasteiger partial charge in [-0.1, -0.05) is 13.8 Å². The number of carbonyl (C=O) groups excluding carboxylic acids is 2. The summed E-state index contributed by atoms with van der Waals surface area (Å²) in [5.74, 6) is -4.30. The molecule has 0 aromatic heterocycles. The predicted molar refractivity (Wildman–Crippen MR) is 73.6 cm³/mol. The maximum Gasteiger partial charge on any atom is 0.319 e. The molecule has 1 amide bonds. The summed E-state index contributed by atoms with van der Waals surface area (Å²) < 4.78 is 31.2. The third-order valence-corrected chi connectivity index (χ3v) is 3.03. The third kappa shape index (κ3) is 4.00. The van der Waals surface area contributed by atoms with Crippen LogP contribution in [0, 0.1) is 17.6 Å². The summed E-state index contributed by atoms with van der Waals surface area (Å²) in [6.07, 6.45) is 0. The molecule has 0 spiro atoms. The highest BCUT2D eigenvalue weighted by atomic mass is 19.1. The van der Waals surface area contributed by atoms with Crippen molar-refractivity contribution in [2.75, 3.05) is 13.2 Å². The van der Waals surface area contributed by atoms with Crippen LogP contribution in [-0.2, 0) is 14.3 Å². The summed E-state index contributed by atoms with van der Waals surface area (Å²) in [4.78, 5) is 23.4. The number of esters is 1. The second kappa shape index (κ2) is 7.71. The van der Waals surface area contributed by atoms with Crippen molar-refractivity contribution < 1.29 is 23.1 Å². The van der Waals surface area contributed by atoms with Crippen molar-refractivity contribution in [2.24, 2.45) is 5.92 Å². The van der Waals surface area contributed by atoms with Crippen LogP contribution < -0.4 is 5.32 Å². The lowest BCUT2D eigenvalue weighted by molar-refractivity contribution is -0.151. The van der Waals surface area contributed by atoms with E-state index in [0.29, 0.717) is 0 Å². The molecule has 1 N–H and O–H groups in total. The topological polar surface area (TPSA) is 55.4 Å². The van der Waals surface area contributed by atoms with Crippen LogP contribution in [0.25, 0.3) is 0 Å². The zero-order valence-corrected chi connectivity index (χ0v) is 12.3. The van der Waals surface area contributed by atoms with Crippen LogP contribution >= 0.6 is 0 Å². The van der Waals surface area contributed by atoms with Crippen molar-refractivity contribution in [3.05, 3.63) is 35.4 Å². The number of nitrogens with one attached hydrogen (secondary N) is 1. The molecular formula is C15H19F2NO3. The number of ether oxygens (including phenoxy) is 1. The van der Waals surface area contributed by atoms with Gasteiger partial charge >= 0.3 is 5.97 Å². The highest BCUT2D eigenvalue weighted by Gasteiger charge is 2.42. The molecule has 4 nitrogen and oxygen atoms in total. The molecule has 0 radical (unpaired) electrons. The average molecular weight is 299 g/mol. The minimum absolute atomic E-state index is 0.146. The van der Waals surface area contributed by atoms with Crippen molar-refractivity contribution >= 4 is 11.9 Å². The number of carbonyl (C=O) groups is 2. The fourth-order valence-electron chi connectivity index (χ4n) is 2.22. The summed E-state index contributed by atoms with van der Waals surface area (Å²) in [5, 5.41) is 2.51. The van der Waals surface area contributed by atoms with Gasteiger partial charge in [-0.3, -0.25) is 9.59 Å². The molecule has 6 heteroatoms. The van der Waals surface area contributed by atoms with Gasteiger partial charge in [0.2, 0.25) is 5.91 Å². The minimum Gasteiger partial charge on any atom is -0.465 e. The van der Waals surface area contributed by atoms with E-state index >= 15 is 0 Å². The van der Waals surface area contributed by atoms with Crippen molar-refractivity contribution in [1.29, 1.82) is 0 Å². The van der Waals surface area contributed by atoms with E-state index in [9.17, 15) is 18.4 Å². The van der Waals surface area contributed by atoms with Gasteiger partial charge in [0.05, 0.1) is 6.61 Å². The summed E-state index contributed by atoms with van der Waals surface area (Å²) in [6, 6.07) is 2.99. The molecule has 1 aliphatic rings. The summed E-state index contributed by atoms with van der Waals surface area (Å²) in [5.41, 5.74) is 0.272. The third-order valence-electron chi connectivity index (χ3n) is 3.03. The molecule has 1 aromatic rings. The normalized spacial score (nSPS) is 20.3. The van der Waals surface area contributed by atoms with E-state index in [4.69, 9.17) is 4.74 Å². The van der Waals surface area contributed by atoms with Gasteiger partial charge in [-0.05, 0) is 24.6 Å². The Labute approximate surface area is 122 Å². The Morgan fingerprint density at radius 3 is 2.38 bits per heavy atom. The molecule has 1 fully saturated rings. The quantitative estimate of drug-likeness (QED) is 0.688. The van der Waals surface area contributed by atoms with Gasteiger partial charge in [-0.25, -0.2) is 8.78 Å². The molecule has 1 aliphatic heterocycles. The first kappa shape index (κ1) is 17.1. The molecule has 0 aliphatic carbocycles. The van der Waals surface area contributed by atoms with E-state index in [1.807, 2.05) is 13.8 Å². The van der Waals surface area contributed by atoms with Gasteiger partial charge in [0.1, 0.15) is 17.6 Å². The number of hydrogen-bond donors (Lipinski definition) is 1. The molecule has 21 heavy (non-hydrogen) atoms. The number of hydrogen-bond acceptors (Lipinski definition) is 3. The molecule has 116 valence electrons. The van der Waals surface area contributed by atoms with E-state index in [0.717, 1.165) is 18.2 Å². The van der Waals surface area contributed by atoms with Gasteiger partial charge in [0.25, 0.3) is 0 Å². The van der Waals surface area contributed by atoms with Gasteiger partial charge in [-0.15, -0.1) is 0 Å². The summed E-state index contributed by atoms with van der Waals surface area (Å²) in [6.45, 7) is 5.93. The molecule has 2 unspecified atom stereocenters. The Morgan fingerprint density at radius 1 is 1.29 bits per heavy atom. The smallest absolute Gasteiger partial charge is 0.319 e. The number of rotatable bonds is 3. The predicted octanol–water partition coefficient (Wildman–Crippen LogP) is 2.38. The molecule has 2 atom stereocenters. The monoisotopic (exact) mass is 299 g/mol. The zero-order valence-electron chi connectivity index (χ0n) is 12.3.